The Morgan fingerprint density at radius 1 is 1.00 bits per heavy atom. The van der Waals surface area contributed by atoms with Crippen LogP contribution < -0.4 is 14.8 Å². The highest BCUT2D eigenvalue weighted by Crippen LogP contribution is 2.28. The number of rotatable bonds is 8. The summed E-state index contributed by atoms with van der Waals surface area (Å²) in [5.74, 6) is 1.42. The zero-order valence-electron chi connectivity index (χ0n) is 15.5. The minimum atomic E-state index is 0.00353. The lowest BCUT2D eigenvalue weighted by Gasteiger charge is -2.15. The van der Waals surface area contributed by atoms with E-state index in [1.165, 1.54) is 5.56 Å². The Bertz CT molecular complexity index is 695. The SMILES string of the molecule is CCc1ccc(C(C)NC(=O)CCc2ccc(OC)c(OC)c2)cc1. The molecule has 0 saturated heterocycles. The Kier molecular flexibility index (Phi) is 6.87. The molecule has 0 bridgehead atoms. The van der Waals surface area contributed by atoms with E-state index in [4.69, 9.17) is 9.47 Å². The number of benzene rings is 2. The van der Waals surface area contributed by atoms with Crippen LogP contribution >= 0.6 is 0 Å². The molecule has 25 heavy (non-hydrogen) atoms. The molecule has 0 spiro atoms. The lowest BCUT2D eigenvalue weighted by atomic mass is 10.0. The molecule has 134 valence electrons. The van der Waals surface area contributed by atoms with Gasteiger partial charge in [-0.1, -0.05) is 37.3 Å². The molecule has 2 aromatic carbocycles. The van der Waals surface area contributed by atoms with Gasteiger partial charge in [-0.05, 0) is 48.6 Å². The maximum atomic E-state index is 12.2. The van der Waals surface area contributed by atoms with Crippen molar-refractivity contribution in [2.75, 3.05) is 14.2 Å². The van der Waals surface area contributed by atoms with Crippen LogP contribution in [-0.2, 0) is 17.6 Å². The second-order valence-electron chi connectivity index (χ2n) is 6.07. The van der Waals surface area contributed by atoms with Crippen molar-refractivity contribution in [2.45, 2.75) is 39.2 Å². The van der Waals surface area contributed by atoms with Gasteiger partial charge in [0.1, 0.15) is 0 Å². The summed E-state index contributed by atoms with van der Waals surface area (Å²) < 4.78 is 10.5. The van der Waals surface area contributed by atoms with Gasteiger partial charge in [-0.3, -0.25) is 4.79 Å². The molecular weight excluding hydrogens is 314 g/mol. The predicted molar refractivity (Wildman–Crippen MR) is 100 cm³/mol. The molecule has 0 aromatic heterocycles. The fourth-order valence-corrected chi connectivity index (χ4v) is 2.73. The molecule has 2 rings (SSSR count). The lowest BCUT2D eigenvalue weighted by molar-refractivity contribution is -0.121. The van der Waals surface area contributed by atoms with Crippen molar-refractivity contribution in [3.63, 3.8) is 0 Å². The highest BCUT2D eigenvalue weighted by molar-refractivity contribution is 5.76. The minimum Gasteiger partial charge on any atom is -0.493 e. The van der Waals surface area contributed by atoms with E-state index in [9.17, 15) is 4.79 Å². The van der Waals surface area contributed by atoms with E-state index in [1.54, 1.807) is 14.2 Å². The summed E-state index contributed by atoms with van der Waals surface area (Å²) in [6.07, 6.45) is 2.12. The third-order valence-electron chi connectivity index (χ3n) is 4.35. The average Bonchev–Trinajstić information content (AvgIpc) is 2.66. The van der Waals surface area contributed by atoms with Gasteiger partial charge in [-0.15, -0.1) is 0 Å². The topological polar surface area (TPSA) is 47.6 Å². The first kappa shape index (κ1) is 18.8. The molecule has 4 nitrogen and oxygen atoms in total. The van der Waals surface area contributed by atoms with E-state index in [-0.39, 0.29) is 11.9 Å². The van der Waals surface area contributed by atoms with Crippen molar-refractivity contribution < 1.29 is 14.3 Å². The molecular formula is C21H27NO3. The van der Waals surface area contributed by atoms with Crippen LogP contribution in [0.1, 0.15) is 43.0 Å². The molecule has 0 fully saturated rings. The van der Waals surface area contributed by atoms with Crippen LogP contribution in [0.3, 0.4) is 0 Å². The quantitative estimate of drug-likeness (QED) is 0.787. The molecule has 4 heteroatoms. The van der Waals surface area contributed by atoms with E-state index in [2.05, 4.69) is 36.5 Å². The van der Waals surface area contributed by atoms with Gasteiger partial charge in [0.15, 0.2) is 11.5 Å². The molecule has 0 aliphatic heterocycles. The van der Waals surface area contributed by atoms with E-state index in [0.29, 0.717) is 24.3 Å². The number of methoxy groups -OCH3 is 2. The van der Waals surface area contributed by atoms with Gasteiger partial charge in [-0.2, -0.15) is 0 Å². The molecule has 2 aromatic rings. The molecule has 0 saturated carbocycles. The van der Waals surface area contributed by atoms with Gasteiger partial charge in [0, 0.05) is 6.42 Å². The first-order chi connectivity index (χ1) is 12.1. The second-order valence-corrected chi connectivity index (χ2v) is 6.07. The summed E-state index contributed by atoms with van der Waals surface area (Å²) in [5.41, 5.74) is 3.47. The normalized spacial score (nSPS) is 11.7. The summed E-state index contributed by atoms with van der Waals surface area (Å²) in [5, 5.41) is 3.06. The molecule has 0 heterocycles. The van der Waals surface area contributed by atoms with Crippen LogP contribution in [0.4, 0.5) is 0 Å². The predicted octanol–water partition coefficient (Wildman–Crippen LogP) is 4.08. The molecule has 0 aliphatic carbocycles. The Morgan fingerprint density at radius 2 is 1.64 bits per heavy atom. The van der Waals surface area contributed by atoms with Crippen LogP contribution in [0.25, 0.3) is 0 Å². The molecule has 1 N–H and O–H groups in total. The molecule has 1 unspecified atom stereocenters. The number of hydrogen-bond donors (Lipinski definition) is 1. The van der Waals surface area contributed by atoms with Crippen LogP contribution in [0.15, 0.2) is 42.5 Å². The summed E-state index contributed by atoms with van der Waals surface area (Å²) in [6.45, 7) is 4.14. The zero-order chi connectivity index (χ0) is 18.2. The zero-order valence-corrected chi connectivity index (χ0v) is 15.5. The molecule has 0 radical (unpaired) electrons. The molecule has 0 aliphatic rings. The van der Waals surface area contributed by atoms with E-state index in [1.807, 2.05) is 25.1 Å². The fraction of sp³-hybridized carbons (Fsp3) is 0.381. The Labute approximate surface area is 150 Å². The maximum absolute atomic E-state index is 12.2. The summed E-state index contributed by atoms with van der Waals surface area (Å²) in [4.78, 5) is 12.2. The van der Waals surface area contributed by atoms with Gasteiger partial charge in [0.25, 0.3) is 0 Å². The van der Waals surface area contributed by atoms with Gasteiger partial charge in [0.2, 0.25) is 5.91 Å². The standard InChI is InChI=1S/C21H27NO3/c1-5-16-6-10-18(11-7-16)15(2)22-21(23)13-9-17-8-12-19(24-3)20(14-17)25-4/h6-8,10-12,14-15H,5,9,13H2,1-4H3,(H,22,23). The Morgan fingerprint density at radius 3 is 2.24 bits per heavy atom. The number of carbonyl (C=O) groups excluding carboxylic acids is 1. The van der Waals surface area contributed by atoms with Crippen molar-refractivity contribution in [3.05, 3.63) is 59.2 Å². The number of nitrogens with one attached hydrogen (secondary N) is 1. The van der Waals surface area contributed by atoms with Crippen molar-refractivity contribution >= 4 is 5.91 Å². The van der Waals surface area contributed by atoms with Gasteiger partial charge < -0.3 is 14.8 Å². The maximum Gasteiger partial charge on any atom is 0.220 e. The number of amides is 1. The van der Waals surface area contributed by atoms with E-state index < -0.39 is 0 Å². The van der Waals surface area contributed by atoms with E-state index >= 15 is 0 Å². The number of hydrogen-bond acceptors (Lipinski definition) is 3. The third-order valence-corrected chi connectivity index (χ3v) is 4.35. The first-order valence-corrected chi connectivity index (χ1v) is 8.66. The Hall–Kier alpha value is -2.49. The second kappa shape index (κ2) is 9.11. The van der Waals surface area contributed by atoms with Gasteiger partial charge in [-0.25, -0.2) is 0 Å². The molecule has 1 atom stereocenters. The summed E-state index contributed by atoms with van der Waals surface area (Å²) in [6, 6.07) is 14.1. The smallest absolute Gasteiger partial charge is 0.220 e. The number of ether oxygens (including phenoxy) is 2. The number of carbonyl (C=O) groups is 1. The van der Waals surface area contributed by atoms with Crippen LogP contribution in [0.5, 0.6) is 11.5 Å². The minimum absolute atomic E-state index is 0.00353. The highest BCUT2D eigenvalue weighted by Gasteiger charge is 2.11. The summed E-state index contributed by atoms with van der Waals surface area (Å²) >= 11 is 0. The lowest BCUT2D eigenvalue weighted by Crippen LogP contribution is -2.26. The first-order valence-electron chi connectivity index (χ1n) is 8.66. The summed E-state index contributed by atoms with van der Waals surface area (Å²) in [7, 11) is 3.22. The van der Waals surface area contributed by atoms with Crippen LogP contribution in [-0.4, -0.2) is 20.1 Å². The Balaban J connectivity index is 1.89. The van der Waals surface area contributed by atoms with Crippen molar-refractivity contribution in [3.8, 4) is 11.5 Å². The van der Waals surface area contributed by atoms with Crippen molar-refractivity contribution in [1.29, 1.82) is 0 Å². The number of aryl methyl sites for hydroxylation is 2. The third kappa shape index (κ3) is 5.24. The monoisotopic (exact) mass is 341 g/mol. The van der Waals surface area contributed by atoms with E-state index in [0.717, 1.165) is 17.5 Å². The van der Waals surface area contributed by atoms with Gasteiger partial charge >= 0.3 is 0 Å². The molecule has 1 amide bonds. The van der Waals surface area contributed by atoms with Crippen LogP contribution in [0, 0.1) is 0 Å². The fourth-order valence-electron chi connectivity index (χ4n) is 2.73. The van der Waals surface area contributed by atoms with Crippen molar-refractivity contribution in [2.24, 2.45) is 0 Å². The van der Waals surface area contributed by atoms with Crippen molar-refractivity contribution in [1.82, 2.24) is 5.32 Å². The van der Waals surface area contributed by atoms with Crippen LogP contribution in [0.2, 0.25) is 0 Å². The largest absolute Gasteiger partial charge is 0.493 e. The average molecular weight is 341 g/mol. The highest BCUT2D eigenvalue weighted by atomic mass is 16.5. The van der Waals surface area contributed by atoms with Gasteiger partial charge in [0.05, 0.1) is 20.3 Å².